The van der Waals surface area contributed by atoms with Gasteiger partial charge in [-0.15, -0.1) is 5.10 Å². The van der Waals surface area contributed by atoms with Gasteiger partial charge in [-0.1, -0.05) is 11.2 Å². The average Bonchev–Trinajstić information content (AvgIpc) is 2.66. The molecule has 0 saturated heterocycles. The van der Waals surface area contributed by atoms with Gasteiger partial charge in [-0.2, -0.15) is 0 Å². The smallest absolute Gasteiger partial charge is 0.315 e. The Morgan fingerprint density at radius 3 is 2.69 bits per heavy atom. The maximum Gasteiger partial charge on any atom is 0.315 e. The van der Waals surface area contributed by atoms with E-state index in [1.165, 1.54) is 0 Å². The van der Waals surface area contributed by atoms with Crippen molar-refractivity contribution >= 4 is 37.9 Å². The minimum Gasteiger partial charge on any atom is -0.408 e. The Kier molecular flexibility index (Phi) is 3.60. The molecule has 16 heavy (non-hydrogen) atoms. The minimum absolute atomic E-state index is 0.441. The van der Waals surface area contributed by atoms with Crippen molar-refractivity contribution in [1.82, 2.24) is 10.2 Å². The highest BCUT2D eigenvalue weighted by molar-refractivity contribution is 9.13. The number of hydrogen-bond donors (Lipinski definition) is 1. The summed E-state index contributed by atoms with van der Waals surface area (Å²) in [5, 5.41) is 10.6. The normalized spacial score (nSPS) is 10.4. The van der Waals surface area contributed by atoms with E-state index in [-0.39, 0.29) is 0 Å². The molecular weight excluding hydrogens is 338 g/mol. The van der Waals surface area contributed by atoms with Crippen LogP contribution in [0.2, 0.25) is 0 Å². The molecule has 0 aliphatic carbocycles. The zero-order chi connectivity index (χ0) is 11.5. The Balaban J connectivity index is 2.02. The zero-order valence-electron chi connectivity index (χ0n) is 8.50. The van der Waals surface area contributed by atoms with E-state index in [1.807, 2.05) is 18.2 Å². The van der Waals surface area contributed by atoms with Gasteiger partial charge in [0.1, 0.15) is 0 Å². The van der Waals surface area contributed by atoms with Gasteiger partial charge in [0.25, 0.3) is 0 Å². The maximum absolute atomic E-state index is 5.20. The fourth-order valence-electron chi connectivity index (χ4n) is 1.20. The molecule has 0 aliphatic heterocycles. The summed E-state index contributed by atoms with van der Waals surface area (Å²) >= 11 is 6.87. The Labute approximate surface area is 110 Å². The molecule has 0 saturated carbocycles. The van der Waals surface area contributed by atoms with Gasteiger partial charge in [0.15, 0.2) is 0 Å². The van der Waals surface area contributed by atoms with Crippen molar-refractivity contribution < 1.29 is 4.42 Å². The van der Waals surface area contributed by atoms with Gasteiger partial charge >= 0.3 is 6.01 Å². The second kappa shape index (κ2) is 4.97. The fraction of sp³-hybridized carbons (Fsp3) is 0.200. The summed E-state index contributed by atoms with van der Waals surface area (Å²) in [5.41, 5.74) is 1.13. The van der Waals surface area contributed by atoms with Crippen LogP contribution in [-0.4, -0.2) is 10.2 Å². The van der Waals surface area contributed by atoms with Crippen molar-refractivity contribution in [3.05, 3.63) is 38.6 Å². The molecule has 0 amide bonds. The van der Waals surface area contributed by atoms with E-state index >= 15 is 0 Å². The third-order valence-electron chi connectivity index (χ3n) is 1.95. The number of aromatic nitrogens is 2. The third-order valence-corrected chi connectivity index (χ3v) is 3.83. The average molecular weight is 347 g/mol. The highest BCUT2D eigenvalue weighted by Crippen LogP contribution is 2.24. The molecule has 0 fully saturated rings. The summed E-state index contributed by atoms with van der Waals surface area (Å²) in [5.74, 6) is 0.555. The molecule has 1 N–H and O–H groups in total. The van der Waals surface area contributed by atoms with Gasteiger partial charge in [-0.25, -0.2) is 0 Å². The molecule has 4 nitrogen and oxygen atoms in total. The van der Waals surface area contributed by atoms with Crippen molar-refractivity contribution in [3.63, 3.8) is 0 Å². The third kappa shape index (κ3) is 2.82. The topological polar surface area (TPSA) is 51.0 Å². The number of aryl methyl sites for hydroxylation is 1. The van der Waals surface area contributed by atoms with Crippen molar-refractivity contribution in [2.24, 2.45) is 0 Å². The van der Waals surface area contributed by atoms with E-state index in [1.54, 1.807) is 6.92 Å². The number of hydrogen-bond acceptors (Lipinski definition) is 4. The van der Waals surface area contributed by atoms with Crippen molar-refractivity contribution in [2.75, 3.05) is 5.32 Å². The highest BCUT2D eigenvalue weighted by Gasteiger charge is 2.02. The molecule has 0 bridgehead atoms. The Bertz CT molecular complexity index is 499. The maximum atomic E-state index is 5.20. The van der Waals surface area contributed by atoms with Gasteiger partial charge < -0.3 is 9.73 Å². The van der Waals surface area contributed by atoms with Gasteiger partial charge in [0.2, 0.25) is 5.89 Å². The van der Waals surface area contributed by atoms with E-state index in [2.05, 4.69) is 47.4 Å². The quantitative estimate of drug-likeness (QED) is 0.923. The van der Waals surface area contributed by atoms with Gasteiger partial charge in [-0.05, 0) is 49.6 Å². The largest absolute Gasteiger partial charge is 0.408 e. The lowest BCUT2D eigenvalue weighted by Gasteiger charge is -2.03. The summed E-state index contributed by atoms with van der Waals surface area (Å²) in [6, 6.07) is 6.47. The second-order valence-electron chi connectivity index (χ2n) is 3.23. The minimum atomic E-state index is 0.441. The molecule has 6 heteroatoms. The van der Waals surface area contributed by atoms with Crippen LogP contribution in [0.5, 0.6) is 0 Å². The van der Waals surface area contributed by atoms with Crippen LogP contribution in [0.3, 0.4) is 0 Å². The van der Waals surface area contributed by atoms with Gasteiger partial charge in [0, 0.05) is 22.4 Å². The predicted molar refractivity (Wildman–Crippen MR) is 68.2 cm³/mol. The lowest BCUT2D eigenvalue weighted by Crippen LogP contribution is -1.99. The van der Waals surface area contributed by atoms with Crippen LogP contribution in [0.4, 0.5) is 6.01 Å². The lowest BCUT2D eigenvalue weighted by molar-refractivity contribution is 0.530. The SMILES string of the molecule is Cc1nnc(NCc2ccc(Br)c(Br)c2)o1. The monoisotopic (exact) mass is 345 g/mol. The summed E-state index contributed by atoms with van der Waals surface area (Å²) in [6.07, 6.45) is 0. The van der Waals surface area contributed by atoms with Crippen LogP contribution in [0, 0.1) is 6.92 Å². The van der Waals surface area contributed by atoms with Crippen LogP contribution in [0.1, 0.15) is 11.5 Å². The number of nitrogens with one attached hydrogen (secondary N) is 1. The molecule has 0 unspecified atom stereocenters. The fourth-order valence-corrected chi connectivity index (χ4v) is 1.87. The molecule has 2 aromatic rings. The Morgan fingerprint density at radius 1 is 1.25 bits per heavy atom. The molecule has 0 spiro atoms. The number of rotatable bonds is 3. The first-order chi connectivity index (χ1) is 7.65. The number of halogens is 2. The standard InChI is InChI=1S/C10H9Br2N3O/c1-6-14-15-10(16-6)13-5-7-2-3-8(11)9(12)4-7/h2-4H,5H2,1H3,(H,13,15). The van der Waals surface area contributed by atoms with E-state index in [9.17, 15) is 0 Å². The van der Waals surface area contributed by atoms with E-state index in [0.29, 0.717) is 18.5 Å². The van der Waals surface area contributed by atoms with Crippen LogP contribution >= 0.6 is 31.9 Å². The number of benzene rings is 1. The van der Waals surface area contributed by atoms with Crippen molar-refractivity contribution in [1.29, 1.82) is 0 Å². The highest BCUT2D eigenvalue weighted by atomic mass is 79.9. The molecule has 0 radical (unpaired) electrons. The molecule has 84 valence electrons. The number of anilines is 1. The molecule has 1 aromatic carbocycles. The van der Waals surface area contributed by atoms with Crippen LogP contribution in [0.15, 0.2) is 31.6 Å². The predicted octanol–water partition coefficient (Wildman–Crippen LogP) is 3.52. The summed E-state index contributed by atoms with van der Waals surface area (Å²) in [4.78, 5) is 0. The molecule has 1 aromatic heterocycles. The summed E-state index contributed by atoms with van der Waals surface area (Å²) in [6.45, 7) is 2.40. The lowest BCUT2D eigenvalue weighted by atomic mass is 10.2. The first-order valence-electron chi connectivity index (χ1n) is 4.63. The first kappa shape index (κ1) is 11.6. The summed E-state index contributed by atoms with van der Waals surface area (Å²) < 4.78 is 7.26. The Hall–Kier alpha value is -0.880. The first-order valence-corrected chi connectivity index (χ1v) is 6.21. The molecule has 0 atom stereocenters. The zero-order valence-corrected chi connectivity index (χ0v) is 11.7. The molecule has 0 aliphatic rings. The second-order valence-corrected chi connectivity index (χ2v) is 4.94. The van der Waals surface area contributed by atoms with Gasteiger partial charge in [-0.3, -0.25) is 0 Å². The number of nitrogens with zero attached hydrogens (tertiary/aromatic N) is 2. The van der Waals surface area contributed by atoms with E-state index in [4.69, 9.17) is 4.42 Å². The Morgan fingerprint density at radius 2 is 2.06 bits per heavy atom. The van der Waals surface area contributed by atoms with Crippen molar-refractivity contribution in [2.45, 2.75) is 13.5 Å². The van der Waals surface area contributed by atoms with Crippen LogP contribution in [0.25, 0.3) is 0 Å². The van der Waals surface area contributed by atoms with E-state index in [0.717, 1.165) is 14.5 Å². The van der Waals surface area contributed by atoms with Crippen LogP contribution < -0.4 is 5.32 Å². The molecular formula is C10H9Br2N3O. The van der Waals surface area contributed by atoms with Crippen LogP contribution in [-0.2, 0) is 6.54 Å². The van der Waals surface area contributed by atoms with Crippen molar-refractivity contribution in [3.8, 4) is 0 Å². The van der Waals surface area contributed by atoms with E-state index < -0.39 is 0 Å². The molecule has 1 heterocycles. The summed E-state index contributed by atoms with van der Waals surface area (Å²) in [7, 11) is 0. The van der Waals surface area contributed by atoms with Gasteiger partial charge in [0.05, 0.1) is 0 Å². The molecule has 2 rings (SSSR count).